The summed E-state index contributed by atoms with van der Waals surface area (Å²) in [6.45, 7) is 6.79. The van der Waals surface area contributed by atoms with Crippen LogP contribution < -0.4 is 4.43 Å². The maximum atomic E-state index is 6.08. The van der Waals surface area contributed by atoms with Crippen LogP contribution in [0.3, 0.4) is 0 Å². The number of rotatable bonds is 5. The van der Waals surface area contributed by atoms with E-state index in [4.69, 9.17) is 4.43 Å². The molecule has 1 aromatic carbocycles. The van der Waals surface area contributed by atoms with Gasteiger partial charge in [-0.3, -0.25) is 0 Å². The fourth-order valence-corrected chi connectivity index (χ4v) is 3.82. The largest absolute Gasteiger partial charge is 0.544 e. The summed E-state index contributed by atoms with van der Waals surface area (Å²) in [5.74, 6) is 1.01. The first-order valence-electron chi connectivity index (χ1n) is 5.48. The lowest BCUT2D eigenvalue weighted by Crippen LogP contribution is -2.33. The zero-order valence-electron chi connectivity index (χ0n) is 9.72. The van der Waals surface area contributed by atoms with Crippen molar-refractivity contribution < 1.29 is 4.43 Å². The van der Waals surface area contributed by atoms with Crippen molar-refractivity contribution in [2.45, 2.75) is 38.9 Å². The molecular weight excluding hydrogens is 268 g/mol. The molecule has 0 aliphatic carbocycles. The van der Waals surface area contributed by atoms with E-state index in [0.717, 1.165) is 10.2 Å². The number of hydrogen-bond acceptors (Lipinski definition) is 1. The van der Waals surface area contributed by atoms with E-state index in [2.05, 4.69) is 35.9 Å². The van der Waals surface area contributed by atoms with Crippen molar-refractivity contribution in [3.8, 4) is 5.75 Å². The van der Waals surface area contributed by atoms with E-state index in [1.165, 1.54) is 18.9 Å². The van der Waals surface area contributed by atoms with Gasteiger partial charge in [-0.15, -0.1) is 0 Å². The molecule has 1 rings (SSSR count). The summed E-state index contributed by atoms with van der Waals surface area (Å²) in [4.78, 5) is 0. The van der Waals surface area contributed by atoms with Gasteiger partial charge in [-0.2, -0.15) is 0 Å². The van der Waals surface area contributed by atoms with Gasteiger partial charge in [-0.25, -0.2) is 0 Å². The predicted octanol–water partition coefficient (Wildman–Crippen LogP) is 4.83. The average Bonchev–Trinajstić information content (AvgIpc) is 2.18. The first-order valence-corrected chi connectivity index (χ1v) is 9.39. The number of benzene rings is 1. The summed E-state index contributed by atoms with van der Waals surface area (Å²) in [6.07, 6.45) is 2.52. The van der Waals surface area contributed by atoms with E-state index >= 15 is 0 Å². The molecule has 0 aromatic heterocycles. The highest BCUT2D eigenvalue weighted by Crippen LogP contribution is 2.22. The van der Waals surface area contributed by atoms with Crippen molar-refractivity contribution in [1.82, 2.24) is 0 Å². The highest BCUT2D eigenvalue weighted by atomic mass is 79.9. The van der Waals surface area contributed by atoms with Crippen molar-refractivity contribution in [2.75, 3.05) is 0 Å². The van der Waals surface area contributed by atoms with E-state index in [9.17, 15) is 0 Å². The lowest BCUT2D eigenvalue weighted by Gasteiger charge is -2.24. The van der Waals surface area contributed by atoms with Gasteiger partial charge in [0.25, 0.3) is 0 Å². The van der Waals surface area contributed by atoms with Crippen LogP contribution in [0.25, 0.3) is 0 Å². The smallest absolute Gasteiger partial charge is 0.245 e. The molecule has 0 radical (unpaired) electrons. The SMILES string of the molecule is CCCC[Si](C)(C)Oc1ccc(Br)cc1. The van der Waals surface area contributed by atoms with E-state index in [1.807, 2.05) is 24.3 Å². The standard InChI is InChI=1S/C12H19BrOSi/c1-4-5-10-15(2,3)14-12-8-6-11(13)7-9-12/h6-9H,4-5,10H2,1-3H3. The molecule has 0 amide bonds. The van der Waals surface area contributed by atoms with Crippen molar-refractivity contribution in [3.05, 3.63) is 28.7 Å². The lowest BCUT2D eigenvalue weighted by molar-refractivity contribution is 0.542. The molecule has 0 N–H and O–H groups in total. The van der Waals surface area contributed by atoms with Crippen LogP contribution in [0.5, 0.6) is 5.75 Å². The third kappa shape index (κ3) is 4.84. The summed E-state index contributed by atoms with van der Waals surface area (Å²) in [5, 5.41) is 0. The Morgan fingerprint density at radius 1 is 1.20 bits per heavy atom. The molecule has 0 aliphatic heterocycles. The van der Waals surface area contributed by atoms with Crippen LogP contribution in [-0.4, -0.2) is 8.32 Å². The van der Waals surface area contributed by atoms with Gasteiger partial charge in [-0.05, 0) is 43.4 Å². The van der Waals surface area contributed by atoms with E-state index in [1.54, 1.807) is 0 Å². The van der Waals surface area contributed by atoms with Gasteiger partial charge in [0.1, 0.15) is 5.75 Å². The average molecular weight is 287 g/mol. The molecule has 1 aromatic rings. The van der Waals surface area contributed by atoms with Crippen LogP contribution in [0.15, 0.2) is 28.7 Å². The minimum Gasteiger partial charge on any atom is -0.544 e. The normalized spacial score (nSPS) is 11.5. The second kappa shape index (κ2) is 5.71. The van der Waals surface area contributed by atoms with Crippen molar-refractivity contribution in [3.63, 3.8) is 0 Å². The molecule has 0 unspecified atom stereocenters. The summed E-state index contributed by atoms with van der Waals surface area (Å²) in [7, 11) is -1.50. The summed E-state index contributed by atoms with van der Waals surface area (Å²) >= 11 is 3.42. The first-order chi connectivity index (χ1) is 7.03. The fraction of sp³-hybridized carbons (Fsp3) is 0.500. The quantitative estimate of drug-likeness (QED) is 0.705. The zero-order chi connectivity index (χ0) is 11.3. The van der Waals surface area contributed by atoms with E-state index in [0.29, 0.717) is 0 Å². The monoisotopic (exact) mass is 286 g/mol. The lowest BCUT2D eigenvalue weighted by atomic mass is 10.3. The number of hydrogen-bond donors (Lipinski definition) is 0. The van der Waals surface area contributed by atoms with Gasteiger partial charge < -0.3 is 4.43 Å². The van der Waals surface area contributed by atoms with Crippen LogP contribution in [0.2, 0.25) is 19.1 Å². The van der Waals surface area contributed by atoms with Crippen LogP contribution in [-0.2, 0) is 0 Å². The number of halogens is 1. The molecule has 0 saturated heterocycles. The van der Waals surface area contributed by atoms with Gasteiger partial charge in [0.05, 0.1) is 0 Å². The fourth-order valence-electron chi connectivity index (χ4n) is 1.48. The Morgan fingerprint density at radius 3 is 2.33 bits per heavy atom. The Balaban J connectivity index is 2.56. The molecule has 3 heteroatoms. The molecule has 0 atom stereocenters. The van der Waals surface area contributed by atoms with Crippen LogP contribution in [0, 0.1) is 0 Å². The molecule has 0 aliphatic rings. The molecular formula is C12H19BrOSi. The molecule has 0 fully saturated rings. The van der Waals surface area contributed by atoms with E-state index < -0.39 is 8.32 Å². The Kier molecular flexibility index (Phi) is 4.86. The van der Waals surface area contributed by atoms with Gasteiger partial charge in [-0.1, -0.05) is 35.7 Å². The summed E-state index contributed by atoms with van der Waals surface area (Å²) in [5.41, 5.74) is 0. The highest BCUT2D eigenvalue weighted by Gasteiger charge is 2.23. The second-order valence-electron chi connectivity index (χ2n) is 4.42. The van der Waals surface area contributed by atoms with E-state index in [-0.39, 0.29) is 0 Å². The van der Waals surface area contributed by atoms with Crippen LogP contribution in [0.1, 0.15) is 19.8 Å². The van der Waals surface area contributed by atoms with Crippen molar-refractivity contribution in [2.24, 2.45) is 0 Å². The summed E-state index contributed by atoms with van der Waals surface area (Å²) in [6, 6.07) is 9.36. The van der Waals surface area contributed by atoms with Crippen LogP contribution in [0.4, 0.5) is 0 Å². The maximum Gasteiger partial charge on any atom is 0.245 e. The van der Waals surface area contributed by atoms with Gasteiger partial charge >= 0.3 is 0 Å². The molecule has 0 bridgehead atoms. The van der Waals surface area contributed by atoms with Gasteiger partial charge in [0.2, 0.25) is 8.32 Å². The Hall–Kier alpha value is -0.283. The molecule has 0 heterocycles. The highest BCUT2D eigenvalue weighted by molar-refractivity contribution is 9.10. The third-order valence-corrected chi connectivity index (χ3v) is 5.21. The van der Waals surface area contributed by atoms with Crippen molar-refractivity contribution in [1.29, 1.82) is 0 Å². The first kappa shape index (κ1) is 12.8. The molecule has 0 spiro atoms. The van der Waals surface area contributed by atoms with Crippen molar-refractivity contribution >= 4 is 24.2 Å². The minimum absolute atomic E-state index is 1.01. The molecule has 15 heavy (non-hydrogen) atoms. The van der Waals surface area contributed by atoms with Crippen LogP contribution >= 0.6 is 15.9 Å². The molecule has 1 nitrogen and oxygen atoms in total. The van der Waals surface area contributed by atoms with Gasteiger partial charge in [0.15, 0.2) is 0 Å². The second-order valence-corrected chi connectivity index (χ2v) is 9.56. The predicted molar refractivity (Wildman–Crippen MR) is 72.0 cm³/mol. The third-order valence-electron chi connectivity index (χ3n) is 2.34. The zero-order valence-corrected chi connectivity index (χ0v) is 12.3. The number of unbranched alkanes of at least 4 members (excludes halogenated alkanes) is 1. The topological polar surface area (TPSA) is 9.23 Å². The minimum atomic E-state index is -1.50. The Bertz CT molecular complexity index is 295. The maximum absolute atomic E-state index is 6.08. The summed E-state index contributed by atoms with van der Waals surface area (Å²) < 4.78 is 7.18. The Labute approximate surface area is 102 Å². The van der Waals surface area contributed by atoms with Gasteiger partial charge in [0, 0.05) is 4.47 Å². The molecule has 84 valence electrons. The molecule has 0 saturated carbocycles. The Morgan fingerprint density at radius 2 is 1.80 bits per heavy atom.